The molecule has 0 atom stereocenters. The maximum atomic E-state index is 11.0. The van der Waals surface area contributed by atoms with Gasteiger partial charge in [-0.05, 0) is 12.8 Å². The highest BCUT2D eigenvalue weighted by molar-refractivity contribution is 5.88. The van der Waals surface area contributed by atoms with E-state index in [1.165, 1.54) is 19.3 Å². The van der Waals surface area contributed by atoms with Gasteiger partial charge in [0.15, 0.2) is 0 Å². The van der Waals surface area contributed by atoms with Crippen molar-refractivity contribution in [2.75, 3.05) is 0 Å². The SMILES string of the molecule is N=CCC(=O)NC1CCCCC1. The average Bonchev–Trinajstić information content (AvgIpc) is 2.06. The van der Waals surface area contributed by atoms with Crippen molar-refractivity contribution in [3.63, 3.8) is 0 Å². The maximum absolute atomic E-state index is 11.0. The number of carbonyl (C=O) groups excluding carboxylic acids is 1. The van der Waals surface area contributed by atoms with E-state index in [-0.39, 0.29) is 12.3 Å². The standard InChI is InChI=1S/C9H16N2O/c10-7-6-9(12)11-8-4-2-1-3-5-8/h7-8,10H,1-6H2,(H,11,12). The summed E-state index contributed by atoms with van der Waals surface area (Å²) in [7, 11) is 0. The highest BCUT2D eigenvalue weighted by Gasteiger charge is 2.14. The number of nitrogens with one attached hydrogen (secondary N) is 2. The Morgan fingerprint density at radius 3 is 2.67 bits per heavy atom. The third-order valence-electron chi connectivity index (χ3n) is 2.26. The quantitative estimate of drug-likeness (QED) is 0.616. The highest BCUT2D eigenvalue weighted by atomic mass is 16.1. The summed E-state index contributed by atoms with van der Waals surface area (Å²) in [5.41, 5.74) is 0. The second kappa shape index (κ2) is 4.91. The number of carbonyl (C=O) groups is 1. The third-order valence-corrected chi connectivity index (χ3v) is 2.26. The van der Waals surface area contributed by atoms with Crippen LogP contribution in [0.5, 0.6) is 0 Å². The molecule has 0 aromatic rings. The fourth-order valence-corrected chi connectivity index (χ4v) is 1.63. The van der Waals surface area contributed by atoms with Crippen molar-refractivity contribution in [2.24, 2.45) is 0 Å². The molecule has 1 amide bonds. The van der Waals surface area contributed by atoms with E-state index in [2.05, 4.69) is 5.32 Å². The monoisotopic (exact) mass is 168 g/mol. The lowest BCUT2D eigenvalue weighted by Gasteiger charge is -2.22. The molecule has 1 saturated carbocycles. The summed E-state index contributed by atoms with van der Waals surface area (Å²) in [6.45, 7) is 0. The molecule has 3 nitrogen and oxygen atoms in total. The first-order chi connectivity index (χ1) is 5.83. The Kier molecular flexibility index (Phi) is 3.77. The molecular weight excluding hydrogens is 152 g/mol. The smallest absolute Gasteiger partial charge is 0.225 e. The lowest BCUT2D eigenvalue weighted by molar-refractivity contribution is -0.120. The van der Waals surface area contributed by atoms with Gasteiger partial charge in [0.1, 0.15) is 0 Å². The van der Waals surface area contributed by atoms with Gasteiger partial charge in [-0.3, -0.25) is 4.79 Å². The molecule has 0 unspecified atom stereocenters. The zero-order valence-corrected chi connectivity index (χ0v) is 7.31. The molecule has 1 aliphatic carbocycles. The zero-order chi connectivity index (χ0) is 8.81. The van der Waals surface area contributed by atoms with Crippen LogP contribution in [-0.4, -0.2) is 18.2 Å². The van der Waals surface area contributed by atoms with Gasteiger partial charge in [-0.25, -0.2) is 0 Å². The molecular formula is C9H16N2O. The molecule has 1 fully saturated rings. The minimum Gasteiger partial charge on any atom is -0.353 e. The van der Waals surface area contributed by atoms with E-state index in [9.17, 15) is 4.79 Å². The van der Waals surface area contributed by atoms with Crippen molar-refractivity contribution in [1.82, 2.24) is 5.32 Å². The Labute approximate surface area is 73.0 Å². The molecule has 68 valence electrons. The lowest BCUT2D eigenvalue weighted by atomic mass is 9.95. The van der Waals surface area contributed by atoms with E-state index in [0.29, 0.717) is 6.04 Å². The fourth-order valence-electron chi connectivity index (χ4n) is 1.63. The second-order valence-corrected chi connectivity index (χ2v) is 3.31. The first-order valence-corrected chi connectivity index (χ1v) is 4.61. The van der Waals surface area contributed by atoms with Crippen LogP contribution in [-0.2, 0) is 4.79 Å². The van der Waals surface area contributed by atoms with Crippen molar-refractivity contribution >= 4 is 12.1 Å². The molecule has 0 aromatic carbocycles. The Balaban J connectivity index is 2.19. The van der Waals surface area contributed by atoms with Crippen LogP contribution in [0, 0.1) is 5.41 Å². The van der Waals surface area contributed by atoms with Gasteiger partial charge in [0.2, 0.25) is 5.91 Å². The largest absolute Gasteiger partial charge is 0.353 e. The Morgan fingerprint density at radius 1 is 1.42 bits per heavy atom. The van der Waals surface area contributed by atoms with Crippen LogP contribution in [0.3, 0.4) is 0 Å². The van der Waals surface area contributed by atoms with E-state index in [1.54, 1.807) is 0 Å². The average molecular weight is 168 g/mol. The molecule has 0 spiro atoms. The molecule has 0 radical (unpaired) electrons. The maximum Gasteiger partial charge on any atom is 0.225 e. The summed E-state index contributed by atoms with van der Waals surface area (Å²) in [4.78, 5) is 11.0. The number of rotatable bonds is 3. The predicted molar refractivity (Wildman–Crippen MR) is 48.4 cm³/mol. The van der Waals surface area contributed by atoms with Crippen molar-refractivity contribution in [2.45, 2.75) is 44.6 Å². The van der Waals surface area contributed by atoms with Gasteiger partial charge in [0.05, 0.1) is 6.42 Å². The van der Waals surface area contributed by atoms with Gasteiger partial charge in [0, 0.05) is 12.3 Å². The second-order valence-electron chi connectivity index (χ2n) is 3.31. The molecule has 0 heterocycles. The van der Waals surface area contributed by atoms with Gasteiger partial charge in [-0.1, -0.05) is 19.3 Å². The van der Waals surface area contributed by atoms with Gasteiger partial charge in [-0.15, -0.1) is 0 Å². The third kappa shape index (κ3) is 3.03. The topological polar surface area (TPSA) is 53.0 Å². The predicted octanol–water partition coefficient (Wildman–Crippen LogP) is 1.47. The summed E-state index contributed by atoms with van der Waals surface area (Å²) in [6.07, 6.45) is 7.38. The van der Waals surface area contributed by atoms with Crippen LogP contribution in [0.25, 0.3) is 0 Å². The van der Waals surface area contributed by atoms with Crippen molar-refractivity contribution < 1.29 is 4.79 Å². The van der Waals surface area contributed by atoms with Crippen molar-refractivity contribution in [3.05, 3.63) is 0 Å². The molecule has 3 heteroatoms. The highest BCUT2D eigenvalue weighted by Crippen LogP contribution is 2.17. The van der Waals surface area contributed by atoms with Gasteiger partial charge in [-0.2, -0.15) is 0 Å². The normalized spacial score (nSPS) is 18.7. The molecule has 1 aliphatic rings. The molecule has 0 aromatic heterocycles. The summed E-state index contributed by atoms with van der Waals surface area (Å²) >= 11 is 0. The van der Waals surface area contributed by atoms with E-state index < -0.39 is 0 Å². The van der Waals surface area contributed by atoms with E-state index >= 15 is 0 Å². The molecule has 0 saturated heterocycles. The van der Waals surface area contributed by atoms with Crippen LogP contribution in [0.4, 0.5) is 0 Å². The number of hydrogen-bond acceptors (Lipinski definition) is 2. The van der Waals surface area contributed by atoms with E-state index in [4.69, 9.17) is 5.41 Å². The van der Waals surface area contributed by atoms with Crippen LogP contribution in [0.15, 0.2) is 0 Å². The molecule has 0 bridgehead atoms. The summed E-state index contributed by atoms with van der Waals surface area (Å²) in [6, 6.07) is 0.381. The van der Waals surface area contributed by atoms with Gasteiger partial charge < -0.3 is 10.7 Å². The van der Waals surface area contributed by atoms with Crippen LogP contribution < -0.4 is 5.32 Å². The molecule has 0 aliphatic heterocycles. The minimum atomic E-state index is -0.00287. The Hall–Kier alpha value is -0.860. The van der Waals surface area contributed by atoms with Crippen LogP contribution in [0.1, 0.15) is 38.5 Å². The van der Waals surface area contributed by atoms with Crippen molar-refractivity contribution in [1.29, 1.82) is 5.41 Å². The summed E-state index contributed by atoms with van der Waals surface area (Å²) in [5.74, 6) is -0.00287. The van der Waals surface area contributed by atoms with Crippen LogP contribution in [0.2, 0.25) is 0 Å². The number of hydrogen-bond donors (Lipinski definition) is 2. The van der Waals surface area contributed by atoms with E-state index in [0.717, 1.165) is 19.1 Å². The zero-order valence-electron chi connectivity index (χ0n) is 7.31. The Bertz CT molecular complexity index is 162. The summed E-state index contributed by atoms with van der Waals surface area (Å²) < 4.78 is 0. The van der Waals surface area contributed by atoms with Crippen LogP contribution >= 0.6 is 0 Å². The first-order valence-electron chi connectivity index (χ1n) is 4.61. The van der Waals surface area contributed by atoms with E-state index in [1.807, 2.05) is 0 Å². The van der Waals surface area contributed by atoms with Gasteiger partial charge in [0.25, 0.3) is 0 Å². The summed E-state index contributed by atoms with van der Waals surface area (Å²) in [5, 5.41) is 9.69. The first kappa shape index (κ1) is 9.23. The Morgan fingerprint density at radius 2 is 2.08 bits per heavy atom. The molecule has 12 heavy (non-hydrogen) atoms. The molecule has 2 N–H and O–H groups in total. The fraction of sp³-hybridized carbons (Fsp3) is 0.778. The minimum absolute atomic E-state index is 0.00287. The van der Waals surface area contributed by atoms with Gasteiger partial charge >= 0.3 is 0 Å². The lowest BCUT2D eigenvalue weighted by Crippen LogP contribution is -2.36. The van der Waals surface area contributed by atoms with Crippen molar-refractivity contribution in [3.8, 4) is 0 Å². The number of amides is 1. The molecule has 1 rings (SSSR count).